The fourth-order valence-electron chi connectivity index (χ4n) is 1.59. The summed E-state index contributed by atoms with van der Waals surface area (Å²) in [7, 11) is 4.12. The minimum absolute atomic E-state index is 0.0765. The minimum Gasteiger partial charge on any atom is -0.492 e. The van der Waals surface area contributed by atoms with Crippen LogP contribution in [-0.2, 0) is 4.79 Å². The molecule has 7 heteroatoms. The van der Waals surface area contributed by atoms with Crippen molar-refractivity contribution in [2.45, 2.75) is 0 Å². The molecule has 1 rings (SSSR count). The second-order valence-corrected chi connectivity index (χ2v) is 3.95. The molecule has 1 N–H and O–H groups in total. The number of carbonyl (C=O) groups is 2. The quantitative estimate of drug-likeness (QED) is 0.640. The molecule has 0 aliphatic heterocycles. The van der Waals surface area contributed by atoms with Crippen molar-refractivity contribution in [3.63, 3.8) is 0 Å². The summed E-state index contributed by atoms with van der Waals surface area (Å²) in [6.45, 7) is 0. The van der Waals surface area contributed by atoms with E-state index in [1.807, 2.05) is 0 Å². The molecular weight excluding hydrogens is 288 g/mol. The first-order chi connectivity index (χ1) is 9.46. The molecule has 20 heavy (non-hydrogen) atoms. The molecule has 0 heterocycles. The zero-order valence-electron chi connectivity index (χ0n) is 11.1. The fraction of sp³-hybridized carbons (Fsp3) is 0.231. The zero-order valence-corrected chi connectivity index (χ0v) is 11.9. The first-order valence-corrected chi connectivity index (χ1v) is 5.77. The summed E-state index contributed by atoms with van der Waals surface area (Å²) >= 11 is 6.00. The molecule has 0 atom stereocenters. The normalized spacial score (nSPS) is 10.4. The van der Waals surface area contributed by atoms with Gasteiger partial charge in [0.05, 0.1) is 31.9 Å². The highest BCUT2D eigenvalue weighted by Crippen LogP contribution is 2.45. The molecule has 6 nitrogen and oxygen atoms in total. The molecule has 0 unspecified atom stereocenters. The number of ether oxygens (including phenoxy) is 3. The number of methoxy groups -OCH3 is 3. The molecule has 0 aliphatic rings. The molecule has 0 bridgehead atoms. The van der Waals surface area contributed by atoms with Gasteiger partial charge in [-0.15, -0.1) is 0 Å². The van der Waals surface area contributed by atoms with Gasteiger partial charge in [-0.3, -0.25) is 4.79 Å². The fourth-order valence-corrected chi connectivity index (χ4v) is 1.86. The van der Waals surface area contributed by atoms with Crippen LogP contribution in [0.15, 0.2) is 18.2 Å². The van der Waals surface area contributed by atoms with Crippen molar-refractivity contribution in [3.8, 4) is 17.2 Å². The Morgan fingerprint density at radius 3 is 2.05 bits per heavy atom. The number of ketones is 1. The van der Waals surface area contributed by atoms with Gasteiger partial charge in [0, 0.05) is 6.08 Å². The molecule has 0 spiro atoms. The lowest BCUT2D eigenvalue weighted by Crippen LogP contribution is -2.04. The van der Waals surface area contributed by atoms with Crippen LogP contribution in [0.5, 0.6) is 17.2 Å². The van der Waals surface area contributed by atoms with Crippen LogP contribution in [0, 0.1) is 0 Å². The predicted octanol–water partition coefficient (Wildman–Crippen LogP) is 2.19. The highest BCUT2D eigenvalue weighted by atomic mass is 35.5. The average Bonchev–Trinajstić information content (AvgIpc) is 2.43. The third-order valence-electron chi connectivity index (χ3n) is 2.40. The van der Waals surface area contributed by atoms with E-state index in [-0.39, 0.29) is 27.8 Å². The second kappa shape index (κ2) is 6.81. The van der Waals surface area contributed by atoms with Crippen molar-refractivity contribution in [1.29, 1.82) is 0 Å². The SMILES string of the molecule is COc1c(Cl)cc(C(=O)/C=C/C(=O)O)c(OC)c1OC. The molecule has 0 aromatic heterocycles. The summed E-state index contributed by atoms with van der Waals surface area (Å²) in [5, 5.41) is 8.68. The highest BCUT2D eigenvalue weighted by molar-refractivity contribution is 6.33. The Bertz CT molecular complexity index is 564. The largest absolute Gasteiger partial charge is 0.492 e. The van der Waals surface area contributed by atoms with Gasteiger partial charge < -0.3 is 19.3 Å². The molecule has 0 amide bonds. The molecule has 0 saturated carbocycles. The summed E-state index contributed by atoms with van der Waals surface area (Å²) in [5.41, 5.74) is 0.0765. The first kappa shape index (κ1) is 15.8. The number of benzene rings is 1. The van der Waals surface area contributed by atoms with Gasteiger partial charge in [-0.25, -0.2) is 4.79 Å². The smallest absolute Gasteiger partial charge is 0.328 e. The van der Waals surface area contributed by atoms with Gasteiger partial charge in [0.1, 0.15) is 0 Å². The first-order valence-electron chi connectivity index (χ1n) is 5.40. The zero-order chi connectivity index (χ0) is 15.3. The number of halogens is 1. The predicted molar refractivity (Wildman–Crippen MR) is 72.2 cm³/mol. The van der Waals surface area contributed by atoms with Crippen LogP contribution < -0.4 is 14.2 Å². The van der Waals surface area contributed by atoms with Crippen LogP contribution >= 0.6 is 11.6 Å². The highest BCUT2D eigenvalue weighted by Gasteiger charge is 2.22. The van der Waals surface area contributed by atoms with E-state index in [4.69, 9.17) is 30.9 Å². The Labute approximate surface area is 120 Å². The molecule has 0 radical (unpaired) electrons. The minimum atomic E-state index is -1.23. The molecule has 0 fully saturated rings. The lowest BCUT2D eigenvalue weighted by molar-refractivity contribution is -0.131. The van der Waals surface area contributed by atoms with Gasteiger partial charge >= 0.3 is 5.97 Å². The van der Waals surface area contributed by atoms with E-state index in [2.05, 4.69) is 0 Å². The molecule has 0 aliphatic carbocycles. The van der Waals surface area contributed by atoms with Crippen LogP contribution in [0.1, 0.15) is 10.4 Å². The summed E-state index contributed by atoms with van der Waals surface area (Å²) in [4.78, 5) is 22.4. The number of allylic oxidation sites excluding steroid dienone is 1. The lowest BCUT2D eigenvalue weighted by Gasteiger charge is -2.15. The van der Waals surface area contributed by atoms with Crippen molar-refractivity contribution in [2.24, 2.45) is 0 Å². The van der Waals surface area contributed by atoms with Gasteiger partial charge in [-0.1, -0.05) is 11.6 Å². The number of carbonyl (C=O) groups excluding carboxylic acids is 1. The molecule has 0 saturated heterocycles. The summed E-state index contributed by atoms with van der Waals surface area (Å²) in [6.07, 6.45) is 1.63. The average molecular weight is 301 g/mol. The second-order valence-electron chi connectivity index (χ2n) is 3.54. The molecular formula is C13H13ClO6. The molecule has 1 aromatic rings. The Hall–Kier alpha value is -2.21. The maximum atomic E-state index is 12.0. The number of hydrogen-bond acceptors (Lipinski definition) is 5. The lowest BCUT2D eigenvalue weighted by atomic mass is 10.1. The van der Waals surface area contributed by atoms with Crippen molar-refractivity contribution < 1.29 is 28.9 Å². The third-order valence-corrected chi connectivity index (χ3v) is 2.68. The Kier molecular flexibility index (Phi) is 5.40. The van der Waals surface area contributed by atoms with Crippen molar-refractivity contribution >= 4 is 23.4 Å². The van der Waals surface area contributed by atoms with Gasteiger partial charge in [0.15, 0.2) is 17.3 Å². The van der Waals surface area contributed by atoms with Crippen LogP contribution in [0.3, 0.4) is 0 Å². The van der Waals surface area contributed by atoms with E-state index in [0.29, 0.717) is 0 Å². The number of carboxylic acids is 1. The van der Waals surface area contributed by atoms with E-state index < -0.39 is 11.8 Å². The standard InChI is InChI=1S/C13H13ClO6/c1-18-11-7(9(15)4-5-10(16)17)6-8(14)12(19-2)13(11)20-3/h4-6H,1-3H3,(H,16,17)/b5-4+. The molecule has 1 aromatic carbocycles. The number of carboxylic acid groups (broad SMARTS) is 1. The number of rotatable bonds is 6. The van der Waals surface area contributed by atoms with E-state index in [0.717, 1.165) is 12.2 Å². The Balaban J connectivity index is 3.44. The summed E-state index contributed by atoms with van der Waals surface area (Å²) < 4.78 is 15.3. The van der Waals surface area contributed by atoms with Gasteiger partial charge in [0.2, 0.25) is 5.75 Å². The maximum absolute atomic E-state index is 12.0. The maximum Gasteiger partial charge on any atom is 0.328 e. The summed E-state index contributed by atoms with van der Waals surface area (Å²) in [5.74, 6) is -1.30. The molecule has 108 valence electrons. The Morgan fingerprint density at radius 1 is 1.05 bits per heavy atom. The third kappa shape index (κ3) is 3.21. The van der Waals surface area contributed by atoms with Gasteiger partial charge in [-0.05, 0) is 12.1 Å². The van der Waals surface area contributed by atoms with Gasteiger partial charge in [-0.2, -0.15) is 0 Å². The van der Waals surface area contributed by atoms with Crippen molar-refractivity contribution in [1.82, 2.24) is 0 Å². The van der Waals surface area contributed by atoms with E-state index >= 15 is 0 Å². The topological polar surface area (TPSA) is 82.1 Å². The Morgan fingerprint density at radius 2 is 1.60 bits per heavy atom. The number of aliphatic carboxylic acids is 1. The van der Waals surface area contributed by atoms with Crippen molar-refractivity contribution in [3.05, 3.63) is 28.8 Å². The van der Waals surface area contributed by atoms with Crippen molar-refractivity contribution in [2.75, 3.05) is 21.3 Å². The van der Waals surface area contributed by atoms with E-state index in [1.54, 1.807) is 0 Å². The van der Waals surface area contributed by atoms with Gasteiger partial charge in [0.25, 0.3) is 0 Å². The monoisotopic (exact) mass is 300 g/mol. The number of hydrogen-bond donors (Lipinski definition) is 1. The van der Waals surface area contributed by atoms with Crippen LogP contribution in [-0.4, -0.2) is 38.2 Å². The van der Waals surface area contributed by atoms with E-state index in [9.17, 15) is 9.59 Å². The van der Waals surface area contributed by atoms with Crippen LogP contribution in [0.2, 0.25) is 5.02 Å². The van der Waals surface area contributed by atoms with Crippen LogP contribution in [0.25, 0.3) is 0 Å². The van der Waals surface area contributed by atoms with Crippen LogP contribution in [0.4, 0.5) is 0 Å². The summed E-state index contributed by atoms with van der Waals surface area (Å²) in [6, 6.07) is 1.33. The van der Waals surface area contributed by atoms with E-state index in [1.165, 1.54) is 27.4 Å².